The maximum absolute atomic E-state index is 15.0. The van der Waals surface area contributed by atoms with Gasteiger partial charge < -0.3 is 10.7 Å². The summed E-state index contributed by atoms with van der Waals surface area (Å²) in [6.07, 6.45) is 12.0. The average Bonchev–Trinajstić information content (AvgIpc) is 3.28. The monoisotopic (exact) mass is 382 g/mol. The van der Waals surface area contributed by atoms with Crippen LogP contribution in [0.5, 0.6) is 0 Å². The highest BCUT2D eigenvalue weighted by Crippen LogP contribution is 2.36. The number of primary amides is 1. The van der Waals surface area contributed by atoms with Gasteiger partial charge in [-0.15, -0.1) is 6.42 Å². The lowest BCUT2D eigenvalue weighted by Gasteiger charge is -2.15. The van der Waals surface area contributed by atoms with Crippen LogP contribution in [-0.4, -0.2) is 20.9 Å². The van der Waals surface area contributed by atoms with Crippen molar-refractivity contribution in [3.8, 4) is 46.0 Å². The first-order chi connectivity index (χ1) is 14.1. The molecule has 0 bridgehead atoms. The van der Waals surface area contributed by atoms with Gasteiger partial charge in [0.1, 0.15) is 5.82 Å². The van der Waals surface area contributed by atoms with Gasteiger partial charge in [-0.1, -0.05) is 12.0 Å². The van der Waals surface area contributed by atoms with Crippen LogP contribution in [-0.2, 0) is 0 Å². The summed E-state index contributed by atoms with van der Waals surface area (Å²) in [5.74, 6) is 1.17. The Hall–Kier alpha value is -4.24. The minimum Gasteiger partial charge on any atom is -0.366 e. The number of carbonyl (C=O) groups is 1. The quantitative estimate of drug-likeness (QED) is 0.523. The van der Waals surface area contributed by atoms with Gasteiger partial charge in [-0.2, -0.15) is 0 Å². The molecule has 3 heterocycles. The summed E-state index contributed by atoms with van der Waals surface area (Å²) in [5.41, 5.74) is 9.29. The molecule has 1 amide bonds. The van der Waals surface area contributed by atoms with Crippen LogP contribution in [0.1, 0.15) is 15.9 Å². The number of H-pyrrole nitrogens is 1. The van der Waals surface area contributed by atoms with Crippen LogP contribution in [0.25, 0.3) is 33.6 Å². The lowest BCUT2D eigenvalue weighted by molar-refractivity contribution is 0.100. The second-order valence-electron chi connectivity index (χ2n) is 6.29. The predicted molar refractivity (Wildman–Crippen MR) is 109 cm³/mol. The number of nitrogens with zero attached hydrogens (tertiary/aromatic N) is 2. The molecular formula is C23H15FN4O. The van der Waals surface area contributed by atoms with Crippen LogP contribution in [0.3, 0.4) is 0 Å². The molecule has 0 saturated carbocycles. The van der Waals surface area contributed by atoms with Gasteiger partial charge in [-0.25, -0.2) is 4.39 Å². The van der Waals surface area contributed by atoms with Crippen LogP contribution >= 0.6 is 0 Å². The van der Waals surface area contributed by atoms with E-state index in [0.717, 1.165) is 11.8 Å². The smallest absolute Gasteiger partial charge is 0.249 e. The summed E-state index contributed by atoms with van der Waals surface area (Å²) in [7, 11) is 0. The fraction of sp³-hybridized carbons (Fsp3) is 0. The van der Waals surface area contributed by atoms with Gasteiger partial charge in [0.05, 0.1) is 17.0 Å². The van der Waals surface area contributed by atoms with Crippen molar-refractivity contribution in [2.75, 3.05) is 0 Å². The van der Waals surface area contributed by atoms with Gasteiger partial charge in [0.2, 0.25) is 5.91 Å². The summed E-state index contributed by atoms with van der Waals surface area (Å²) >= 11 is 0. The second-order valence-corrected chi connectivity index (χ2v) is 6.29. The summed E-state index contributed by atoms with van der Waals surface area (Å²) < 4.78 is 15.0. The zero-order chi connectivity index (χ0) is 20.4. The number of rotatable bonds is 4. The molecule has 4 rings (SSSR count). The molecule has 29 heavy (non-hydrogen) atoms. The van der Waals surface area contributed by atoms with Gasteiger partial charge >= 0.3 is 0 Å². The Bertz CT molecular complexity index is 1260. The van der Waals surface area contributed by atoms with E-state index in [2.05, 4.69) is 20.9 Å². The lowest BCUT2D eigenvalue weighted by atomic mass is 9.91. The van der Waals surface area contributed by atoms with Crippen LogP contribution in [0.15, 0.2) is 67.3 Å². The van der Waals surface area contributed by atoms with Crippen molar-refractivity contribution in [3.05, 3.63) is 84.2 Å². The molecule has 5 nitrogen and oxygen atoms in total. The van der Waals surface area contributed by atoms with Crippen molar-refractivity contribution in [2.24, 2.45) is 5.73 Å². The maximum atomic E-state index is 15.0. The third-order valence-corrected chi connectivity index (χ3v) is 4.59. The fourth-order valence-electron chi connectivity index (χ4n) is 3.27. The molecule has 3 N–H and O–H groups in total. The Balaban J connectivity index is 2.02. The molecule has 0 aliphatic heterocycles. The molecule has 4 aromatic rings. The van der Waals surface area contributed by atoms with Gasteiger partial charge in [0.25, 0.3) is 0 Å². The number of carbonyl (C=O) groups excluding carboxylic acids is 1. The molecule has 0 fully saturated rings. The number of nitrogens with two attached hydrogens (primary N) is 1. The number of hydrogen-bond donors (Lipinski definition) is 2. The number of pyridine rings is 2. The summed E-state index contributed by atoms with van der Waals surface area (Å²) in [6.45, 7) is 0. The average molecular weight is 382 g/mol. The van der Waals surface area contributed by atoms with E-state index in [1.807, 2.05) is 12.1 Å². The Morgan fingerprint density at radius 2 is 1.93 bits per heavy atom. The van der Waals surface area contributed by atoms with E-state index in [1.54, 1.807) is 36.7 Å². The van der Waals surface area contributed by atoms with E-state index >= 15 is 0 Å². The van der Waals surface area contributed by atoms with Crippen molar-refractivity contribution in [2.45, 2.75) is 0 Å². The number of benzene rings is 1. The molecule has 0 unspecified atom stereocenters. The van der Waals surface area contributed by atoms with Gasteiger partial charge in [-0.3, -0.25) is 14.8 Å². The van der Waals surface area contributed by atoms with E-state index in [1.165, 1.54) is 12.4 Å². The molecule has 0 spiro atoms. The van der Waals surface area contributed by atoms with E-state index in [-0.39, 0.29) is 11.1 Å². The molecule has 0 atom stereocenters. The number of terminal acetylenes is 1. The first-order valence-corrected chi connectivity index (χ1v) is 8.73. The van der Waals surface area contributed by atoms with Crippen LogP contribution in [0.2, 0.25) is 0 Å². The third kappa shape index (κ3) is 3.26. The first-order valence-electron chi connectivity index (χ1n) is 8.73. The number of nitrogens with one attached hydrogen (secondary N) is 1. The Kier molecular flexibility index (Phi) is 4.63. The number of aromatic amines is 1. The summed E-state index contributed by atoms with van der Waals surface area (Å²) in [4.78, 5) is 23.6. The van der Waals surface area contributed by atoms with E-state index in [0.29, 0.717) is 27.9 Å². The first kappa shape index (κ1) is 18.1. The molecule has 0 aliphatic rings. The van der Waals surface area contributed by atoms with Gasteiger partial charge in [0, 0.05) is 47.0 Å². The zero-order valence-electron chi connectivity index (χ0n) is 15.2. The van der Waals surface area contributed by atoms with E-state index < -0.39 is 11.7 Å². The van der Waals surface area contributed by atoms with Gasteiger partial charge in [-0.05, 0) is 42.0 Å². The molecule has 0 aliphatic carbocycles. The van der Waals surface area contributed by atoms with E-state index in [9.17, 15) is 9.18 Å². The highest BCUT2D eigenvalue weighted by Gasteiger charge is 2.20. The highest BCUT2D eigenvalue weighted by molar-refractivity contribution is 6.02. The van der Waals surface area contributed by atoms with Crippen molar-refractivity contribution in [1.29, 1.82) is 0 Å². The Morgan fingerprint density at radius 1 is 1.07 bits per heavy atom. The minimum absolute atomic E-state index is 0.0587. The Morgan fingerprint density at radius 3 is 2.66 bits per heavy atom. The van der Waals surface area contributed by atoms with Crippen LogP contribution in [0.4, 0.5) is 4.39 Å². The number of halogens is 1. The maximum Gasteiger partial charge on any atom is 0.249 e. The molecule has 3 aromatic heterocycles. The summed E-state index contributed by atoms with van der Waals surface area (Å²) in [6, 6.07) is 11.6. The van der Waals surface area contributed by atoms with Crippen molar-refractivity contribution in [3.63, 3.8) is 0 Å². The standard InChI is InChI=1S/C23H15FN4O/c1-2-14-13-26-10-7-15(14)18-11-17(19(23(25)29)12-20(18)24)16-5-3-9-28-22(16)21-6-4-8-27-21/h1,3-13,27H,(H2,25,29). The van der Waals surface area contributed by atoms with Crippen molar-refractivity contribution < 1.29 is 9.18 Å². The molecule has 140 valence electrons. The zero-order valence-corrected chi connectivity index (χ0v) is 15.2. The van der Waals surface area contributed by atoms with Crippen LogP contribution in [0, 0.1) is 18.2 Å². The SMILES string of the molecule is C#Cc1cnccc1-c1cc(-c2cccnc2-c2ccc[nH]2)c(C(N)=O)cc1F. The number of hydrogen-bond acceptors (Lipinski definition) is 3. The van der Waals surface area contributed by atoms with Crippen LogP contribution < -0.4 is 5.73 Å². The van der Waals surface area contributed by atoms with Gasteiger partial charge in [0.15, 0.2) is 0 Å². The summed E-state index contributed by atoms with van der Waals surface area (Å²) in [5, 5.41) is 0. The van der Waals surface area contributed by atoms with E-state index in [4.69, 9.17) is 12.2 Å². The lowest BCUT2D eigenvalue weighted by Crippen LogP contribution is -2.13. The second kappa shape index (κ2) is 7.41. The highest BCUT2D eigenvalue weighted by atomic mass is 19.1. The normalized spacial score (nSPS) is 10.5. The third-order valence-electron chi connectivity index (χ3n) is 4.59. The largest absolute Gasteiger partial charge is 0.366 e. The van der Waals surface area contributed by atoms with Crippen molar-refractivity contribution in [1.82, 2.24) is 15.0 Å². The fourth-order valence-corrected chi connectivity index (χ4v) is 3.27. The number of aromatic nitrogens is 3. The molecular weight excluding hydrogens is 367 g/mol. The molecule has 1 aromatic carbocycles. The molecule has 0 saturated heterocycles. The molecule has 6 heteroatoms. The Labute approximate surface area is 166 Å². The minimum atomic E-state index is -0.737. The number of amides is 1. The topological polar surface area (TPSA) is 84.7 Å². The molecule has 0 radical (unpaired) electrons. The van der Waals surface area contributed by atoms with Crippen molar-refractivity contribution >= 4 is 5.91 Å². The predicted octanol–water partition coefficient (Wildman–Crippen LogP) is 4.03.